The largest absolute Gasteiger partial charge is 0.394 e. The third-order valence-corrected chi connectivity index (χ3v) is 7.78. The van der Waals surface area contributed by atoms with E-state index in [0.29, 0.717) is 26.1 Å². The van der Waals surface area contributed by atoms with Crippen molar-refractivity contribution in [3.05, 3.63) is 0 Å². The maximum absolute atomic E-state index is 10.7. The lowest BCUT2D eigenvalue weighted by molar-refractivity contribution is -0.318. The molecule has 1 aliphatic carbocycles. The van der Waals surface area contributed by atoms with Crippen LogP contribution in [0.1, 0.15) is 19.3 Å². The minimum absolute atomic E-state index is 0.0298. The molecule has 3 rings (SSSR count). The number of nitrogens with two attached hydrogens (primary N) is 7. The molecule has 2 heterocycles. The lowest BCUT2D eigenvalue weighted by Gasteiger charge is -2.49. The van der Waals surface area contributed by atoms with Crippen molar-refractivity contribution in [3.63, 3.8) is 0 Å². The minimum Gasteiger partial charge on any atom is -0.394 e. The van der Waals surface area contributed by atoms with Crippen molar-refractivity contribution >= 4 is 5.96 Å². The first-order chi connectivity index (χ1) is 20.0. The summed E-state index contributed by atoms with van der Waals surface area (Å²) >= 11 is 0. The van der Waals surface area contributed by atoms with Crippen LogP contribution >= 0.6 is 0 Å². The van der Waals surface area contributed by atoms with E-state index < -0.39 is 92.2 Å². The molecule has 1 saturated carbocycles. The molecule has 0 aromatic rings. The van der Waals surface area contributed by atoms with Gasteiger partial charge in [-0.1, -0.05) is 0 Å². The summed E-state index contributed by atoms with van der Waals surface area (Å²) in [4.78, 5) is 3.94. The van der Waals surface area contributed by atoms with Crippen molar-refractivity contribution in [1.82, 2.24) is 5.32 Å². The van der Waals surface area contributed by atoms with Crippen molar-refractivity contribution in [2.45, 2.75) is 105 Å². The number of nitrogens with zero attached hydrogens (tertiary/aromatic N) is 1. The number of guanidine groups is 1. The van der Waals surface area contributed by atoms with Crippen LogP contribution in [0, 0.1) is 0 Å². The van der Waals surface area contributed by atoms with E-state index in [9.17, 15) is 20.4 Å². The molecule has 0 aromatic heterocycles. The molecule has 0 unspecified atom stereocenters. The van der Waals surface area contributed by atoms with E-state index in [0.717, 1.165) is 0 Å². The Morgan fingerprint density at radius 2 is 1.48 bits per heavy atom. The highest BCUT2D eigenvalue weighted by Gasteiger charge is 2.51. The second-order valence-electron chi connectivity index (χ2n) is 11.0. The zero-order valence-electron chi connectivity index (χ0n) is 23.8. The van der Waals surface area contributed by atoms with E-state index in [1.54, 1.807) is 0 Å². The number of aliphatic hydroxyl groups is 4. The third kappa shape index (κ3) is 9.10. The fraction of sp³-hybridized carbons (Fsp3) is 0.958. The molecule has 18 heteroatoms. The van der Waals surface area contributed by atoms with Gasteiger partial charge in [0.05, 0.1) is 37.5 Å². The first-order valence-corrected chi connectivity index (χ1v) is 14.3. The second-order valence-corrected chi connectivity index (χ2v) is 11.0. The van der Waals surface area contributed by atoms with Crippen LogP contribution in [0.2, 0.25) is 0 Å². The highest BCUT2D eigenvalue weighted by molar-refractivity contribution is 5.75. The molecule has 2 aliphatic heterocycles. The Labute approximate surface area is 245 Å². The molecule has 42 heavy (non-hydrogen) atoms. The number of ether oxygens (including phenoxy) is 5. The number of hydrogen-bond donors (Lipinski definition) is 12. The van der Waals surface area contributed by atoms with Gasteiger partial charge < -0.3 is 89.6 Å². The zero-order valence-corrected chi connectivity index (χ0v) is 23.8. The molecule has 19 N–H and O–H groups in total. The van der Waals surface area contributed by atoms with Crippen molar-refractivity contribution in [3.8, 4) is 0 Å². The lowest BCUT2D eigenvalue weighted by Crippen LogP contribution is -2.68. The topological polar surface area (TPSA) is 334 Å². The number of aliphatic imine (C=N–C) groups is 1. The van der Waals surface area contributed by atoms with Crippen LogP contribution in [0.3, 0.4) is 0 Å². The summed E-state index contributed by atoms with van der Waals surface area (Å²) in [7, 11) is 0. The van der Waals surface area contributed by atoms with Gasteiger partial charge in [0.25, 0.3) is 0 Å². The number of nitrogens with one attached hydrogen (secondary N) is 1. The Balaban J connectivity index is 1.74. The van der Waals surface area contributed by atoms with E-state index in [1.807, 2.05) is 0 Å². The van der Waals surface area contributed by atoms with Crippen LogP contribution in [0.15, 0.2) is 4.99 Å². The fourth-order valence-electron chi connectivity index (χ4n) is 5.40. The van der Waals surface area contributed by atoms with Crippen LogP contribution in [-0.2, 0) is 23.7 Å². The summed E-state index contributed by atoms with van der Waals surface area (Å²) in [6.07, 6.45) is -9.14. The van der Waals surface area contributed by atoms with E-state index in [1.165, 1.54) is 0 Å². The third-order valence-electron chi connectivity index (χ3n) is 7.78. The van der Waals surface area contributed by atoms with Gasteiger partial charge in [-0.3, -0.25) is 4.99 Å². The summed E-state index contributed by atoms with van der Waals surface area (Å²) < 4.78 is 30.2. The van der Waals surface area contributed by atoms with Crippen molar-refractivity contribution in [2.75, 3.05) is 39.4 Å². The molecule has 0 amide bonds. The number of rotatable bonds is 14. The first-order valence-electron chi connectivity index (χ1n) is 14.3. The average Bonchev–Trinajstić information content (AvgIpc) is 2.94. The molecular formula is C24H51N9O9. The molecule has 0 spiro atoms. The highest BCUT2D eigenvalue weighted by Crippen LogP contribution is 2.32. The predicted octanol–water partition coefficient (Wildman–Crippen LogP) is -7.02. The molecule has 2 saturated heterocycles. The SMILES string of the molecule is NC[C@H]1O[C@H](O[C@@H]2[C@@H](OCCNCCCN=C(N)N)[C@H](O[C@H]3O[C@H](CO)[C@@H](O)[C@H](N)[C@H]3O)[C@@H](N)C[C@H]2N)[C@H](N)C[C@@H]1O. The van der Waals surface area contributed by atoms with Gasteiger partial charge in [0.2, 0.25) is 0 Å². The standard InChI is InChI=1S/C24H51N9O9/c25-8-14-13(35)7-12(28)22(39-14)41-19-10(26)6-11(27)20(21(19)38-5-4-32-2-1-3-33-24(30)31)42-23-18(37)16(29)17(36)15(9-34)40-23/h10-23,32,34-37H,1-9,25-29H2,(H4,30,31,33)/t10-,11+,12-,13+,14-,15-,16+,17-,18-,19+,20-,21-,22-,23-/m1/s1. The summed E-state index contributed by atoms with van der Waals surface area (Å²) in [5, 5.41) is 44.1. The van der Waals surface area contributed by atoms with Gasteiger partial charge in [0.1, 0.15) is 36.6 Å². The Hall–Kier alpha value is -1.33. The van der Waals surface area contributed by atoms with Gasteiger partial charge in [-0.05, 0) is 25.8 Å². The Kier molecular flexibility index (Phi) is 13.9. The van der Waals surface area contributed by atoms with Crippen molar-refractivity contribution in [2.24, 2.45) is 45.1 Å². The smallest absolute Gasteiger partial charge is 0.186 e. The lowest BCUT2D eigenvalue weighted by atomic mass is 9.84. The number of hydrogen-bond acceptors (Lipinski definition) is 16. The first kappa shape index (κ1) is 35.2. The van der Waals surface area contributed by atoms with Gasteiger partial charge in [0.15, 0.2) is 18.5 Å². The second kappa shape index (κ2) is 16.7. The van der Waals surface area contributed by atoms with Crippen molar-refractivity contribution in [1.29, 1.82) is 0 Å². The van der Waals surface area contributed by atoms with E-state index in [-0.39, 0.29) is 32.0 Å². The summed E-state index contributed by atoms with van der Waals surface area (Å²) in [6.45, 7) is 1.25. The highest BCUT2D eigenvalue weighted by atomic mass is 16.7. The molecule has 3 aliphatic rings. The van der Waals surface area contributed by atoms with Gasteiger partial charge in [-0.2, -0.15) is 0 Å². The molecular weight excluding hydrogens is 558 g/mol. The summed E-state index contributed by atoms with van der Waals surface area (Å²) in [5.74, 6) is 0.0298. The molecule has 18 nitrogen and oxygen atoms in total. The van der Waals surface area contributed by atoms with Crippen LogP contribution in [-0.4, -0.2) is 151 Å². The average molecular weight is 610 g/mol. The quantitative estimate of drug-likeness (QED) is 0.0494. The summed E-state index contributed by atoms with van der Waals surface area (Å²) in [6, 6.07) is -3.12. The van der Waals surface area contributed by atoms with Crippen LogP contribution in [0.5, 0.6) is 0 Å². The van der Waals surface area contributed by atoms with Gasteiger partial charge in [-0.25, -0.2) is 0 Å². The zero-order chi connectivity index (χ0) is 31.0. The van der Waals surface area contributed by atoms with Crippen LogP contribution < -0.4 is 45.5 Å². The molecule has 0 radical (unpaired) electrons. The fourth-order valence-corrected chi connectivity index (χ4v) is 5.40. The predicted molar refractivity (Wildman–Crippen MR) is 150 cm³/mol. The normalized spacial score (nSPS) is 42.8. The monoisotopic (exact) mass is 609 g/mol. The van der Waals surface area contributed by atoms with Gasteiger partial charge >= 0.3 is 0 Å². The molecule has 246 valence electrons. The molecule has 0 aromatic carbocycles. The Bertz CT molecular complexity index is 830. The molecule has 14 atom stereocenters. The molecule has 0 bridgehead atoms. The van der Waals surface area contributed by atoms with Crippen molar-refractivity contribution < 1.29 is 44.1 Å². The Morgan fingerprint density at radius 1 is 0.833 bits per heavy atom. The van der Waals surface area contributed by atoms with E-state index in [4.69, 9.17) is 63.8 Å². The van der Waals surface area contributed by atoms with Crippen LogP contribution in [0.25, 0.3) is 0 Å². The molecule has 3 fully saturated rings. The maximum Gasteiger partial charge on any atom is 0.186 e. The van der Waals surface area contributed by atoms with Gasteiger partial charge in [-0.15, -0.1) is 0 Å². The van der Waals surface area contributed by atoms with E-state index >= 15 is 0 Å². The summed E-state index contributed by atoms with van der Waals surface area (Å²) in [5.41, 5.74) is 41.6. The number of aliphatic hydroxyl groups excluding tert-OH is 4. The Morgan fingerprint density at radius 3 is 2.10 bits per heavy atom. The minimum atomic E-state index is -1.43. The van der Waals surface area contributed by atoms with Gasteiger partial charge in [0, 0.05) is 31.7 Å². The van der Waals surface area contributed by atoms with E-state index in [2.05, 4.69) is 10.3 Å². The van der Waals surface area contributed by atoms with Crippen LogP contribution in [0.4, 0.5) is 0 Å². The maximum atomic E-state index is 10.7.